The monoisotopic (exact) mass is 236 g/mol. The normalized spacial score (nSPS) is 16.6. The van der Waals surface area contributed by atoms with Gasteiger partial charge in [0.25, 0.3) is 0 Å². The number of hydrogen-bond donors (Lipinski definition) is 0. The van der Waals surface area contributed by atoms with Crippen LogP contribution in [0.2, 0.25) is 0 Å². The maximum Gasteiger partial charge on any atom is 0.112 e. The Balaban J connectivity index is 0.000000963. The van der Waals surface area contributed by atoms with Crippen LogP contribution in [-0.2, 0) is 7.05 Å². The van der Waals surface area contributed by atoms with Gasteiger partial charge in [0.1, 0.15) is 5.82 Å². The molecule has 0 amide bonds. The van der Waals surface area contributed by atoms with Crippen LogP contribution < -0.4 is 0 Å². The van der Waals surface area contributed by atoms with Crippen molar-refractivity contribution in [3.8, 4) is 0 Å². The van der Waals surface area contributed by atoms with Crippen LogP contribution in [0.25, 0.3) is 11.0 Å². The minimum Gasteiger partial charge on any atom is -0.331 e. The van der Waals surface area contributed by atoms with E-state index in [1.807, 2.05) is 0 Å². The van der Waals surface area contributed by atoms with Gasteiger partial charge in [-0.25, -0.2) is 4.98 Å². The topological polar surface area (TPSA) is 17.8 Å². The lowest BCUT2D eigenvalue weighted by molar-refractivity contribution is 0.639. The van der Waals surface area contributed by atoms with Gasteiger partial charge in [0, 0.05) is 13.0 Å². The van der Waals surface area contributed by atoms with E-state index in [4.69, 9.17) is 4.98 Å². The third kappa shape index (κ3) is 1.71. The van der Waals surface area contributed by atoms with Crippen molar-refractivity contribution in [3.63, 3.8) is 0 Å². The predicted molar refractivity (Wildman–Crippen MR) is 69.2 cm³/mol. The Hall–Kier alpha value is -1.02. The van der Waals surface area contributed by atoms with Gasteiger partial charge < -0.3 is 4.57 Å². The SMILES string of the molecule is Cl.Cn1c(C2CCCC2)nc2ccccc21. The summed E-state index contributed by atoms with van der Waals surface area (Å²) in [7, 11) is 2.14. The van der Waals surface area contributed by atoms with E-state index in [9.17, 15) is 0 Å². The molecule has 86 valence electrons. The summed E-state index contributed by atoms with van der Waals surface area (Å²) >= 11 is 0. The van der Waals surface area contributed by atoms with E-state index in [0.717, 1.165) is 5.52 Å². The summed E-state index contributed by atoms with van der Waals surface area (Å²) in [6.45, 7) is 0. The van der Waals surface area contributed by atoms with Gasteiger partial charge in [0.2, 0.25) is 0 Å². The molecule has 0 spiro atoms. The number of aryl methyl sites for hydroxylation is 1. The molecule has 1 aromatic carbocycles. The van der Waals surface area contributed by atoms with Crippen molar-refractivity contribution in [1.29, 1.82) is 0 Å². The fraction of sp³-hybridized carbons (Fsp3) is 0.462. The molecule has 0 radical (unpaired) electrons. The zero-order valence-corrected chi connectivity index (χ0v) is 10.3. The highest BCUT2D eigenvalue weighted by atomic mass is 35.5. The van der Waals surface area contributed by atoms with Crippen LogP contribution in [0.4, 0.5) is 0 Å². The zero-order chi connectivity index (χ0) is 10.3. The van der Waals surface area contributed by atoms with Crippen molar-refractivity contribution in [3.05, 3.63) is 30.1 Å². The van der Waals surface area contributed by atoms with E-state index in [-0.39, 0.29) is 12.4 Å². The van der Waals surface area contributed by atoms with Gasteiger partial charge in [-0.2, -0.15) is 0 Å². The van der Waals surface area contributed by atoms with Gasteiger partial charge in [0.15, 0.2) is 0 Å². The first-order valence-electron chi connectivity index (χ1n) is 5.77. The van der Waals surface area contributed by atoms with Crippen LogP contribution in [0, 0.1) is 0 Å². The van der Waals surface area contributed by atoms with E-state index in [2.05, 4.69) is 35.9 Å². The lowest BCUT2D eigenvalue weighted by Gasteiger charge is -2.08. The highest BCUT2D eigenvalue weighted by Gasteiger charge is 2.21. The second kappa shape index (κ2) is 4.46. The average Bonchev–Trinajstić information content (AvgIpc) is 2.87. The molecule has 2 nitrogen and oxygen atoms in total. The molecule has 0 aliphatic heterocycles. The Bertz CT molecular complexity index is 484. The lowest BCUT2D eigenvalue weighted by Crippen LogP contribution is -2.02. The summed E-state index contributed by atoms with van der Waals surface area (Å²) < 4.78 is 2.27. The molecule has 1 fully saturated rings. The second-order valence-electron chi connectivity index (χ2n) is 4.50. The predicted octanol–water partition coefficient (Wildman–Crippen LogP) is 3.65. The van der Waals surface area contributed by atoms with Crippen LogP contribution in [0.15, 0.2) is 24.3 Å². The molecule has 3 heteroatoms. The lowest BCUT2D eigenvalue weighted by atomic mass is 10.1. The molecule has 1 aliphatic rings. The summed E-state index contributed by atoms with van der Waals surface area (Å²) in [5, 5.41) is 0. The largest absolute Gasteiger partial charge is 0.331 e. The van der Waals surface area contributed by atoms with Crippen molar-refractivity contribution >= 4 is 23.4 Å². The summed E-state index contributed by atoms with van der Waals surface area (Å²) in [4.78, 5) is 4.76. The Morgan fingerprint density at radius 3 is 2.56 bits per heavy atom. The third-order valence-electron chi connectivity index (χ3n) is 3.54. The molecule has 1 aliphatic carbocycles. The van der Waals surface area contributed by atoms with Gasteiger partial charge in [0.05, 0.1) is 11.0 Å². The summed E-state index contributed by atoms with van der Waals surface area (Å²) in [5.74, 6) is 1.98. The van der Waals surface area contributed by atoms with Gasteiger partial charge >= 0.3 is 0 Å². The first-order chi connectivity index (χ1) is 7.36. The molecular formula is C13H17ClN2. The minimum absolute atomic E-state index is 0. The Kier molecular flexibility index (Phi) is 3.20. The van der Waals surface area contributed by atoms with Crippen LogP contribution in [-0.4, -0.2) is 9.55 Å². The summed E-state index contributed by atoms with van der Waals surface area (Å²) in [6.07, 6.45) is 5.37. The molecule has 0 saturated heterocycles. The number of para-hydroxylation sites is 2. The van der Waals surface area contributed by atoms with Crippen molar-refractivity contribution in [1.82, 2.24) is 9.55 Å². The molecule has 2 aromatic rings. The van der Waals surface area contributed by atoms with Crippen molar-refractivity contribution in [2.45, 2.75) is 31.6 Å². The number of halogens is 1. The molecule has 0 unspecified atom stereocenters. The van der Waals surface area contributed by atoms with E-state index in [1.54, 1.807) is 0 Å². The zero-order valence-electron chi connectivity index (χ0n) is 9.52. The number of hydrogen-bond acceptors (Lipinski definition) is 1. The molecule has 3 rings (SSSR count). The van der Waals surface area contributed by atoms with Crippen molar-refractivity contribution in [2.75, 3.05) is 0 Å². The second-order valence-corrected chi connectivity index (χ2v) is 4.50. The van der Waals surface area contributed by atoms with E-state index < -0.39 is 0 Å². The Labute approximate surface area is 102 Å². The smallest absolute Gasteiger partial charge is 0.112 e. The third-order valence-corrected chi connectivity index (χ3v) is 3.54. The molecule has 16 heavy (non-hydrogen) atoms. The van der Waals surface area contributed by atoms with Crippen LogP contribution in [0.1, 0.15) is 37.4 Å². The van der Waals surface area contributed by atoms with Crippen molar-refractivity contribution in [2.24, 2.45) is 7.05 Å². The molecule has 1 aromatic heterocycles. The average molecular weight is 237 g/mol. The molecule has 0 atom stereocenters. The van der Waals surface area contributed by atoms with Gasteiger partial charge in [-0.3, -0.25) is 0 Å². The Morgan fingerprint density at radius 1 is 1.19 bits per heavy atom. The molecule has 1 saturated carbocycles. The van der Waals surface area contributed by atoms with Crippen LogP contribution in [0.3, 0.4) is 0 Å². The number of imidazole rings is 1. The van der Waals surface area contributed by atoms with Crippen molar-refractivity contribution < 1.29 is 0 Å². The maximum atomic E-state index is 4.76. The number of rotatable bonds is 1. The van der Waals surface area contributed by atoms with E-state index in [0.29, 0.717) is 5.92 Å². The van der Waals surface area contributed by atoms with Crippen LogP contribution in [0.5, 0.6) is 0 Å². The number of nitrogens with zero attached hydrogens (tertiary/aromatic N) is 2. The minimum atomic E-state index is 0. The molecule has 1 heterocycles. The Morgan fingerprint density at radius 2 is 1.88 bits per heavy atom. The first-order valence-corrected chi connectivity index (χ1v) is 5.77. The number of benzene rings is 1. The van der Waals surface area contributed by atoms with E-state index >= 15 is 0 Å². The van der Waals surface area contributed by atoms with Gasteiger partial charge in [-0.15, -0.1) is 12.4 Å². The standard InChI is InChI=1S/C13H16N2.ClH/c1-15-12-9-5-4-8-11(12)14-13(15)10-6-2-3-7-10;/h4-5,8-10H,2-3,6-7H2,1H3;1H. The fourth-order valence-electron chi connectivity index (χ4n) is 2.71. The fourth-order valence-corrected chi connectivity index (χ4v) is 2.71. The first kappa shape index (κ1) is 11.5. The molecule has 0 N–H and O–H groups in total. The van der Waals surface area contributed by atoms with Gasteiger partial charge in [-0.05, 0) is 25.0 Å². The highest BCUT2D eigenvalue weighted by molar-refractivity contribution is 5.85. The molecule has 0 bridgehead atoms. The van der Waals surface area contributed by atoms with Crippen LogP contribution >= 0.6 is 12.4 Å². The number of fused-ring (bicyclic) bond motifs is 1. The summed E-state index contributed by atoms with van der Waals surface area (Å²) in [6, 6.07) is 8.41. The van der Waals surface area contributed by atoms with E-state index in [1.165, 1.54) is 37.0 Å². The van der Waals surface area contributed by atoms with Gasteiger partial charge in [-0.1, -0.05) is 25.0 Å². The highest BCUT2D eigenvalue weighted by Crippen LogP contribution is 2.34. The molecular weight excluding hydrogens is 220 g/mol. The summed E-state index contributed by atoms with van der Waals surface area (Å²) in [5.41, 5.74) is 2.40. The number of aromatic nitrogens is 2. The quantitative estimate of drug-likeness (QED) is 0.739. The maximum absolute atomic E-state index is 4.76.